The lowest BCUT2D eigenvalue weighted by Gasteiger charge is -2.08. The topological polar surface area (TPSA) is 17.0 Å². The van der Waals surface area contributed by atoms with E-state index in [1.807, 2.05) is 42.6 Å². The molecule has 4 heteroatoms. The predicted molar refractivity (Wildman–Crippen MR) is 81.8 cm³/mol. The second-order valence-corrected chi connectivity index (χ2v) is 5.08. The van der Waals surface area contributed by atoms with E-state index in [-0.39, 0.29) is 5.82 Å². The van der Waals surface area contributed by atoms with Crippen LogP contribution >= 0.6 is 11.6 Å². The van der Waals surface area contributed by atoms with Crippen LogP contribution in [0.2, 0.25) is 5.02 Å². The summed E-state index contributed by atoms with van der Waals surface area (Å²) in [7, 11) is 0. The summed E-state index contributed by atoms with van der Waals surface area (Å²) in [5.41, 5.74) is 2.08. The fourth-order valence-electron chi connectivity index (χ4n) is 2.25. The summed E-state index contributed by atoms with van der Waals surface area (Å²) in [4.78, 5) is 0. The summed E-state index contributed by atoms with van der Waals surface area (Å²) in [5, 5.41) is 4.99. The molecule has 1 N–H and O–H groups in total. The van der Waals surface area contributed by atoms with Gasteiger partial charge in [-0.25, -0.2) is 4.39 Å². The lowest BCUT2D eigenvalue weighted by molar-refractivity contribution is 0.629. The molecule has 3 aromatic rings. The first-order valence-corrected chi connectivity index (χ1v) is 6.84. The Morgan fingerprint density at radius 1 is 1.05 bits per heavy atom. The van der Waals surface area contributed by atoms with Gasteiger partial charge >= 0.3 is 0 Å². The van der Waals surface area contributed by atoms with E-state index in [4.69, 9.17) is 11.6 Å². The van der Waals surface area contributed by atoms with Gasteiger partial charge < -0.3 is 9.88 Å². The van der Waals surface area contributed by atoms with Crippen LogP contribution in [0.5, 0.6) is 0 Å². The number of halogens is 2. The zero-order chi connectivity index (χ0) is 13.9. The molecule has 1 aromatic heterocycles. The zero-order valence-electron chi connectivity index (χ0n) is 10.8. The summed E-state index contributed by atoms with van der Waals surface area (Å²) < 4.78 is 15.2. The van der Waals surface area contributed by atoms with Gasteiger partial charge in [0.05, 0.1) is 0 Å². The van der Waals surface area contributed by atoms with Crippen molar-refractivity contribution in [1.82, 2.24) is 4.57 Å². The van der Waals surface area contributed by atoms with Gasteiger partial charge in [-0.1, -0.05) is 11.6 Å². The molecule has 0 radical (unpaired) electrons. The number of hydrogen-bond acceptors (Lipinski definition) is 1. The summed E-state index contributed by atoms with van der Waals surface area (Å²) >= 11 is 5.84. The Balaban J connectivity index is 1.66. The molecule has 0 saturated heterocycles. The van der Waals surface area contributed by atoms with Crippen molar-refractivity contribution in [2.24, 2.45) is 0 Å². The Morgan fingerprint density at radius 3 is 2.65 bits per heavy atom. The van der Waals surface area contributed by atoms with Gasteiger partial charge in [0.15, 0.2) is 0 Å². The molecular weight excluding hydrogens is 275 g/mol. The van der Waals surface area contributed by atoms with Gasteiger partial charge in [0.1, 0.15) is 5.82 Å². The van der Waals surface area contributed by atoms with Crippen LogP contribution in [-0.4, -0.2) is 11.1 Å². The van der Waals surface area contributed by atoms with Crippen molar-refractivity contribution >= 4 is 28.2 Å². The first-order chi connectivity index (χ1) is 9.72. The minimum atomic E-state index is -0.200. The number of nitrogens with one attached hydrogen (secondary N) is 1. The smallest absolute Gasteiger partial charge is 0.123 e. The van der Waals surface area contributed by atoms with E-state index in [1.54, 1.807) is 6.07 Å². The lowest BCUT2D eigenvalue weighted by atomic mass is 10.2. The Kier molecular flexibility index (Phi) is 3.61. The average Bonchev–Trinajstić information content (AvgIpc) is 2.83. The number of fused-ring (bicyclic) bond motifs is 1. The maximum absolute atomic E-state index is 13.1. The van der Waals surface area contributed by atoms with E-state index >= 15 is 0 Å². The van der Waals surface area contributed by atoms with E-state index in [2.05, 4.69) is 9.88 Å². The van der Waals surface area contributed by atoms with E-state index in [0.29, 0.717) is 0 Å². The van der Waals surface area contributed by atoms with Gasteiger partial charge in [-0.3, -0.25) is 0 Å². The highest BCUT2D eigenvalue weighted by atomic mass is 35.5. The van der Waals surface area contributed by atoms with Gasteiger partial charge in [-0.05, 0) is 48.5 Å². The number of rotatable bonds is 4. The first-order valence-electron chi connectivity index (χ1n) is 6.46. The minimum absolute atomic E-state index is 0.200. The van der Waals surface area contributed by atoms with Crippen LogP contribution in [0.1, 0.15) is 0 Å². The van der Waals surface area contributed by atoms with Crippen LogP contribution in [0.15, 0.2) is 54.7 Å². The summed E-state index contributed by atoms with van der Waals surface area (Å²) in [6.45, 7) is 1.61. The third kappa shape index (κ3) is 2.78. The number of nitrogens with zero attached hydrogens (tertiary/aromatic N) is 1. The Bertz CT molecular complexity index is 719. The molecule has 102 valence electrons. The third-order valence-corrected chi connectivity index (χ3v) is 3.51. The highest BCUT2D eigenvalue weighted by Gasteiger charge is 2.02. The molecule has 2 aromatic carbocycles. The number of anilines is 1. The molecule has 2 nitrogen and oxygen atoms in total. The van der Waals surface area contributed by atoms with Crippen molar-refractivity contribution in [2.75, 3.05) is 11.9 Å². The second-order valence-electron chi connectivity index (χ2n) is 4.65. The van der Waals surface area contributed by atoms with Crippen molar-refractivity contribution in [2.45, 2.75) is 6.54 Å². The van der Waals surface area contributed by atoms with Gasteiger partial charge in [-0.15, -0.1) is 0 Å². The van der Waals surface area contributed by atoms with Gasteiger partial charge in [0, 0.05) is 40.9 Å². The van der Waals surface area contributed by atoms with Crippen LogP contribution in [0.3, 0.4) is 0 Å². The summed E-state index contributed by atoms with van der Waals surface area (Å²) in [5.74, 6) is -0.200. The highest BCUT2D eigenvalue weighted by Crippen LogP contribution is 2.17. The van der Waals surface area contributed by atoms with E-state index in [0.717, 1.165) is 34.7 Å². The molecule has 0 spiro atoms. The van der Waals surface area contributed by atoms with Crippen molar-refractivity contribution < 1.29 is 4.39 Å². The molecule has 0 aliphatic heterocycles. The van der Waals surface area contributed by atoms with Gasteiger partial charge in [0.2, 0.25) is 0 Å². The van der Waals surface area contributed by atoms with Crippen molar-refractivity contribution in [3.05, 3.63) is 65.6 Å². The molecule has 3 rings (SSSR count). The SMILES string of the molecule is Fc1ccc2c(ccn2CCNc2ccc(Cl)cc2)c1. The second kappa shape index (κ2) is 5.55. The van der Waals surface area contributed by atoms with Crippen LogP contribution < -0.4 is 5.32 Å². The number of benzene rings is 2. The van der Waals surface area contributed by atoms with Crippen LogP contribution in [0, 0.1) is 5.82 Å². The normalized spacial score (nSPS) is 10.9. The van der Waals surface area contributed by atoms with Crippen LogP contribution in [0.4, 0.5) is 10.1 Å². The molecule has 0 saturated carbocycles. The number of hydrogen-bond donors (Lipinski definition) is 1. The Morgan fingerprint density at radius 2 is 1.85 bits per heavy atom. The van der Waals surface area contributed by atoms with Crippen molar-refractivity contribution in [3.63, 3.8) is 0 Å². The maximum atomic E-state index is 13.1. The van der Waals surface area contributed by atoms with Gasteiger partial charge in [-0.2, -0.15) is 0 Å². The number of aromatic nitrogens is 1. The highest BCUT2D eigenvalue weighted by molar-refractivity contribution is 6.30. The van der Waals surface area contributed by atoms with E-state index < -0.39 is 0 Å². The minimum Gasteiger partial charge on any atom is -0.383 e. The molecule has 20 heavy (non-hydrogen) atoms. The zero-order valence-corrected chi connectivity index (χ0v) is 11.6. The monoisotopic (exact) mass is 288 g/mol. The summed E-state index contributed by atoms with van der Waals surface area (Å²) in [6.07, 6.45) is 1.98. The maximum Gasteiger partial charge on any atom is 0.123 e. The van der Waals surface area contributed by atoms with Crippen molar-refractivity contribution in [3.8, 4) is 0 Å². The van der Waals surface area contributed by atoms with E-state index in [1.165, 1.54) is 6.07 Å². The average molecular weight is 289 g/mol. The molecule has 0 fully saturated rings. The van der Waals surface area contributed by atoms with Crippen molar-refractivity contribution in [1.29, 1.82) is 0 Å². The Hall–Kier alpha value is -2.00. The van der Waals surface area contributed by atoms with Crippen LogP contribution in [0.25, 0.3) is 10.9 Å². The molecule has 0 unspecified atom stereocenters. The molecular formula is C16H14ClFN2. The molecule has 1 heterocycles. The quantitative estimate of drug-likeness (QED) is 0.745. The molecule has 0 aliphatic rings. The predicted octanol–water partition coefficient (Wildman–Crippen LogP) is 4.55. The largest absolute Gasteiger partial charge is 0.383 e. The third-order valence-electron chi connectivity index (χ3n) is 3.26. The fourth-order valence-corrected chi connectivity index (χ4v) is 2.38. The molecule has 0 atom stereocenters. The molecule has 0 bridgehead atoms. The molecule has 0 amide bonds. The van der Waals surface area contributed by atoms with Crippen LogP contribution in [-0.2, 0) is 6.54 Å². The van der Waals surface area contributed by atoms with Gasteiger partial charge in [0.25, 0.3) is 0 Å². The Labute approximate surface area is 121 Å². The van der Waals surface area contributed by atoms with E-state index in [9.17, 15) is 4.39 Å². The standard InChI is InChI=1S/C16H14ClFN2/c17-13-1-4-15(5-2-13)19-8-10-20-9-7-12-11-14(18)3-6-16(12)20/h1-7,9,11,19H,8,10H2. The molecule has 0 aliphatic carbocycles. The lowest BCUT2D eigenvalue weighted by Crippen LogP contribution is -2.09. The first kappa shape index (κ1) is 13.0. The summed E-state index contributed by atoms with van der Waals surface area (Å²) in [6, 6.07) is 14.4. The fraction of sp³-hybridized carbons (Fsp3) is 0.125.